The van der Waals surface area contributed by atoms with E-state index in [2.05, 4.69) is 10.4 Å². The highest BCUT2D eigenvalue weighted by Crippen LogP contribution is 2.23. The number of alkyl halides is 1. The fourth-order valence-corrected chi connectivity index (χ4v) is 2.93. The molecule has 6 nitrogen and oxygen atoms in total. The van der Waals surface area contributed by atoms with Crippen molar-refractivity contribution < 1.29 is 18.7 Å². The molecule has 0 bridgehead atoms. The van der Waals surface area contributed by atoms with E-state index in [0.29, 0.717) is 24.8 Å². The number of fused-ring (bicyclic) bond motifs is 1. The smallest absolute Gasteiger partial charge is 0.328 e. The minimum Gasteiger partial charge on any atom is -0.467 e. The van der Waals surface area contributed by atoms with E-state index >= 15 is 0 Å². The molecule has 0 saturated carbocycles. The van der Waals surface area contributed by atoms with Crippen molar-refractivity contribution in [2.45, 2.75) is 59.3 Å². The molecular formula is C20H28FN3O3. The number of esters is 1. The maximum atomic E-state index is 13.1. The number of benzene rings is 1. The first-order valence-corrected chi connectivity index (χ1v) is 9.13. The zero-order valence-electron chi connectivity index (χ0n) is 16.6. The summed E-state index contributed by atoms with van der Waals surface area (Å²) in [4.78, 5) is 25.0. The fourth-order valence-electron chi connectivity index (χ4n) is 2.93. The summed E-state index contributed by atoms with van der Waals surface area (Å²) in [5, 5.41) is 7.89. The van der Waals surface area contributed by atoms with Gasteiger partial charge in [0.05, 0.1) is 18.8 Å². The van der Waals surface area contributed by atoms with Gasteiger partial charge in [-0.15, -0.1) is 0 Å². The highest BCUT2D eigenvalue weighted by molar-refractivity contribution is 6.06. The molecule has 1 N–H and O–H groups in total. The second kappa shape index (κ2) is 8.50. The number of rotatable bonds is 7. The Hall–Kier alpha value is -2.44. The van der Waals surface area contributed by atoms with Crippen molar-refractivity contribution in [1.82, 2.24) is 15.1 Å². The number of ether oxygens (including phenoxy) is 1. The zero-order valence-corrected chi connectivity index (χ0v) is 16.6. The molecule has 0 aliphatic heterocycles. The van der Waals surface area contributed by atoms with Gasteiger partial charge in [0.1, 0.15) is 6.04 Å². The van der Waals surface area contributed by atoms with Gasteiger partial charge in [0.25, 0.3) is 5.91 Å². The largest absolute Gasteiger partial charge is 0.467 e. The average molecular weight is 377 g/mol. The molecule has 7 heteroatoms. The molecule has 27 heavy (non-hydrogen) atoms. The summed E-state index contributed by atoms with van der Waals surface area (Å²) in [5.41, 5.74) is 0.537. The molecule has 1 amide bonds. The van der Waals surface area contributed by atoms with Crippen LogP contribution in [0.4, 0.5) is 4.39 Å². The Morgan fingerprint density at radius 1 is 1.30 bits per heavy atom. The summed E-state index contributed by atoms with van der Waals surface area (Å²) in [6.45, 7) is 7.60. The number of aromatic nitrogens is 2. The van der Waals surface area contributed by atoms with Crippen molar-refractivity contribution in [3.05, 3.63) is 30.0 Å². The van der Waals surface area contributed by atoms with E-state index in [1.54, 1.807) is 4.68 Å². The fraction of sp³-hybridized carbons (Fsp3) is 0.550. The highest BCUT2D eigenvalue weighted by Gasteiger charge is 2.34. The van der Waals surface area contributed by atoms with E-state index < -0.39 is 29.5 Å². The van der Waals surface area contributed by atoms with Crippen LogP contribution >= 0.6 is 0 Å². The monoisotopic (exact) mass is 377 g/mol. The van der Waals surface area contributed by atoms with Gasteiger partial charge in [-0.2, -0.15) is 5.10 Å². The van der Waals surface area contributed by atoms with Crippen molar-refractivity contribution in [1.29, 1.82) is 0 Å². The Morgan fingerprint density at radius 2 is 1.96 bits per heavy atom. The van der Waals surface area contributed by atoms with Crippen LogP contribution in [0.15, 0.2) is 24.3 Å². The lowest BCUT2D eigenvalue weighted by molar-refractivity contribution is -0.145. The number of methoxy groups -OCH3 is 1. The van der Waals surface area contributed by atoms with E-state index in [1.165, 1.54) is 14.0 Å². The van der Waals surface area contributed by atoms with Crippen molar-refractivity contribution in [3.8, 4) is 0 Å². The minimum atomic E-state index is -0.873. The van der Waals surface area contributed by atoms with E-state index in [9.17, 15) is 14.0 Å². The molecular weight excluding hydrogens is 349 g/mol. The molecule has 148 valence electrons. The topological polar surface area (TPSA) is 73.2 Å². The maximum Gasteiger partial charge on any atom is 0.328 e. The van der Waals surface area contributed by atoms with Gasteiger partial charge < -0.3 is 10.1 Å². The van der Waals surface area contributed by atoms with Crippen LogP contribution in [0, 0.1) is 5.41 Å². The number of hydrogen-bond acceptors (Lipinski definition) is 4. The van der Waals surface area contributed by atoms with E-state index in [4.69, 9.17) is 4.74 Å². The van der Waals surface area contributed by atoms with Crippen molar-refractivity contribution in [2.24, 2.45) is 5.41 Å². The number of nitrogens with zero attached hydrogens (tertiary/aromatic N) is 2. The maximum absolute atomic E-state index is 13.1. The third-order valence-corrected chi connectivity index (χ3v) is 4.42. The van der Waals surface area contributed by atoms with Crippen LogP contribution in [-0.4, -0.2) is 41.0 Å². The second-order valence-corrected chi connectivity index (χ2v) is 7.81. The predicted molar refractivity (Wildman–Crippen MR) is 102 cm³/mol. The predicted octanol–water partition coefficient (Wildman–Crippen LogP) is 3.49. The molecule has 2 rings (SSSR count). The van der Waals surface area contributed by atoms with Crippen LogP contribution in [-0.2, 0) is 16.1 Å². The minimum absolute atomic E-state index is 0.247. The van der Waals surface area contributed by atoms with Crippen LogP contribution < -0.4 is 5.32 Å². The molecule has 2 unspecified atom stereocenters. The van der Waals surface area contributed by atoms with Crippen LogP contribution in [0.3, 0.4) is 0 Å². The molecule has 0 saturated heterocycles. The number of carbonyl (C=O) groups is 2. The Labute approximate surface area is 159 Å². The third kappa shape index (κ3) is 5.05. The van der Waals surface area contributed by atoms with Crippen LogP contribution in [0.2, 0.25) is 0 Å². The van der Waals surface area contributed by atoms with Crippen molar-refractivity contribution in [2.75, 3.05) is 7.11 Å². The van der Waals surface area contributed by atoms with E-state index in [1.807, 2.05) is 45.0 Å². The van der Waals surface area contributed by atoms with Crippen molar-refractivity contribution in [3.63, 3.8) is 0 Å². The Morgan fingerprint density at radius 3 is 2.56 bits per heavy atom. The number of halogens is 1. The summed E-state index contributed by atoms with van der Waals surface area (Å²) in [6.07, 6.45) is 0.184. The quantitative estimate of drug-likeness (QED) is 0.750. The van der Waals surface area contributed by atoms with Gasteiger partial charge in [-0.05, 0) is 31.2 Å². The molecule has 2 aromatic rings. The number of para-hydroxylation sites is 1. The normalized spacial score (nSPS) is 14.0. The first-order chi connectivity index (χ1) is 12.6. The van der Waals surface area contributed by atoms with Gasteiger partial charge >= 0.3 is 5.97 Å². The number of amides is 1. The molecule has 2 atom stereocenters. The first-order valence-electron chi connectivity index (χ1n) is 9.13. The number of hydrogen-bond donors (Lipinski definition) is 1. The van der Waals surface area contributed by atoms with Gasteiger partial charge in [-0.25, -0.2) is 9.18 Å². The first kappa shape index (κ1) is 20.9. The lowest BCUT2D eigenvalue weighted by atomic mass is 9.86. The van der Waals surface area contributed by atoms with Crippen LogP contribution in [0.1, 0.15) is 51.0 Å². The number of carbonyl (C=O) groups excluding carboxylic acids is 2. The molecule has 1 heterocycles. The number of aryl methyl sites for hydroxylation is 1. The molecule has 0 spiro atoms. The van der Waals surface area contributed by atoms with Crippen molar-refractivity contribution >= 4 is 22.8 Å². The second-order valence-electron chi connectivity index (χ2n) is 7.81. The molecule has 1 aromatic heterocycles. The third-order valence-electron chi connectivity index (χ3n) is 4.42. The summed E-state index contributed by atoms with van der Waals surface area (Å²) in [7, 11) is 1.29. The summed E-state index contributed by atoms with van der Waals surface area (Å²) in [5.74, 6) is -0.939. The van der Waals surface area contributed by atoms with Crippen LogP contribution in [0.25, 0.3) is 10.9 Å². The lowest BCUT2D eigenvalue weighted by Crippen LogP contribution is -2.49. The van der Waals surface area contributed by atoms with Gasteiger partial charge in [0.15, 0.2) is 5.69 Å². The summed E-state index contributed by atoms with van der Waals surface area (Å²) < 4.78 is 19.6. The molecule has 0 aliphatic rings. The Bertz CT molecular complexity index is 808. The average Bonchev–Trinajstić information content (AvgIpc) is 2.96. The number of nitrogens with one attached hydrogen (secondary N) is 1. The Kier molecular flexibility index (Phi) is 6.57. The zero-order chi connectivity index (χ0) is 20.2. The molecule has 0 aliphatic carbocycles. The molecule has 0 radical (unpaired) electrons. The van der Waals surface area contributed by atoms with E-state index in [0.717, 1.165) is 5.52 Å². The van der Waals surface area contributed by atoms with Gasteiger partial charge in [0.2, 0.25) is 0 Å². The highest BCUT2D eigenvalue weighted by atomic mass is 19.1. The van der Waals surface area contributed by atoms with Gasteiger partial charge in [0, 0.05) is 11.9 Å². The lowest BCUT2D eigenvalue weighted by Gasteiger charge is -2.28. The summed E-state index contributed by atoms with van der Waals surface area (Å²) >= 11 is 0. The standard InChI is InChI=1S/C20H28FN3O3/c1-13(21)9-8-12-24-15-11-7-6-10-14(15)16(23-24)18(25)22-17(19(26)27-5)20(2,3)4/h6-7,10-11,13,17H,8-9,12H2,1-5H3,(H,22,25). The SMILES string of the molecule is COC(=O)C(NC(=O)c1nn(CCCC(C)F)c2ccccc12)C(C)(C)C. The van der Waals surface area contributed by atoms with Crippen LogP contribution in [0.5, 0.6) is 0 Å². The van der Waals surface area contributed by atoms with E-state index in [-0.39, 0.29) is 5.69 Å². The molecule has 0 fully saturated rings. The Balaban J connectivity index is 2.31. The summed E-state index contributed by atoms with van der Waals surface area (Å²) in [6, 6.07) is 6.59. The van der Waals surface area contributed by atoms with Gasteiger partial charge in [-0.3, -0.25) is 9.48 Å². The molecule has 1 aromatic carbocycles. The van der Waals surface area contributed by atoms with Gasteiger partial charge in [-0.1, -0.05) is 39.0 Å².